The Morgan fingerprint density at radius 2 is 2.29 bits per heavy atom. The van der Waals surface area contributed by atoms with E-state index in [2.05, 4.69) is 29.8 Å². The summed E-state index contributed by atoms with van der Waals surface area (Å²) in [6.07, 6.45) is 4.87. The molecule has 4 heteroatoms. The van der Waals surface area contributed by atoms with E-state index in [-0.39, 0.29) is 5.91 Å². The van der Waals surface area contributed by atoms with Crippen molar-refractivity contribution in [1.82, 2.24) is 4.90 Å². The van der Waals surface area contributed by atoms with Crippen LogP contribution in [0.15, 0.2) is 21.4 Å². The molecular weight excluding hydrogens is 282 g/mol. The second-order valence-electron chi connectivity index (χ2n) is 5.05. The summed E-state index contributed by atoms with van der Waals surface area (Å²) < 4.78 is 5.74. The molecule has 2 rings (SSSR count). The van der Waals surface area contributed by atoms with Crippen molar-refractivity contribution < 1.29 is 9.21 Å². The van der Waals surface area contributed by atoms with Gasteiger partial charge in [-0.3, -0.25) is 4.79 Å². The molecule has 1 aliphatic carbocycles. The third-order valence-electron chi connectivity index (χ3n) is 3.01. The second kappa shape index (κ2) is 5.25. The third kappa shape index (κ3) is 3.35. The van der Waals surface area contributed by atoms with Gasteiger partial charge in [-0.15, -0.1) is 0 Å². The average molecular weight is 300 g/mol. The van der Waals surface area contributed by atoms with Crippen molar-refractivity contribution in [2.45, 2.75) is 39.2 Å². The Labute approximate surface area is 110 Å². The van der Waals surface area contributed by atoms with Crippen molar-refractivity contribution in [1.29, 1.82) is 0 Å². The zero-order chi connectivity index (χ0) is 12.4. The van der Waals surface area contributed by atoms with Gasteiger partial charge in [0, 0.05) is 18.7 Å². The molecule has 0 N–H and O–H groups in total. The summed E-state index contributed by atoms with van der Waals surface area (Å²) in [6, 6.07) is 2.20. The summed E-state index contributed by atoms with van der Waals surface area (Å²) in [6.45, 7) is 5.22. The summed E-state index contributed by atoms with van der Waals surface area (Å²) in [5, 5.41) is 0. The first-order chi connectivity index (χ1) is 8.08. The van der Waals surface area contributed by atoms with E-state index in [1.54, 1.807) is 6.07 Å². The van der Waals surface area contributed by atoms with Crippen LogP contribution in [-0.4, -0.2) is 23.4 Å². The van der Waals surface area contributed by atoms with Crippen LogP contribution < -0.4 is 0 Å². The van der Waals surface area contributed by atoms with Crippen LogP contribution in [0.3, 0.4) is 0 Å². The van der Waals surface area contributed by atoms with Crippen LogP contribution in [0.4, 0.5) is 0 Å². The fourth-order valence-corrected chi connectivity index (χ4v) is 2.16. The van der Waals surface area contributed by atoms with Gasteiger partial charge < -0.3 is 9.32 Å². The lowest BCUT2D eigenvalue weighted by atomic mass is 10.1. The number of hydrogen-bond acceptors (Lipinski definition) is 2. The number of rotatable bonds is 5. The maximum atomic E-state index is 12.3. The standard InChI is InChI=1S/C13H18BrNO2/c1-9(2)5-6-15(11-3-4-11)13(16)10-7-12(14)17-8-10/h7-9,11H,3-6H2,1-2H3. The van der Waals surface area contributed by atoms with E-state index in [9.17, 15) is 4.79 Å². The SMILES string of the molecule is CC(C)CCN(C(=O)c1coc(Br)c1)C1CC1. The fraction of sp³-hybridized carbons (Fsp3) is 0.615. The van der Waals surface area contributed by atoms with Gasteiger partial charge in [0.1, 0.15) is 6.26 Å². The highest BCUT2D eigenvalue weighted by Crippen LogP contribution is 2.29. The first-order valence-corrected chi connectivity index (χ1v) is 6.92. The summed E-state index contributed by atoms with van der Waals surface area (Å²) >= 11 is 3.23. The van der Waals surface area contributed by atoms with Gasteiger partial charge >= 0.3 is 0 Å². The Morgan fingerprint density at radius 3 is 2.76 bits per heavy atom. The molecule has 0 spiro atoms. The fourth-order valence-electron chi connectivity index (χ4n) is 1.82. The maximum absolute atomic E-state index is 12.3. The molecule has 1 saturated carbocycles. The van der Waals surface area contributed by atoms with E-state index in [1.807, 2.05) is 4.90 Å². The van der Waals surface area contributed by atoms with Crippen molar-refractivity contribution >= 4 is 21.8 Å². The molecule has 0 radical (unpaired) electrons. The number of carbonyl (C=O) groups is 1. The first-order valence-electron chi connectivity index (χ1n) is 6.13. The summed E-state index contributed by atoms with van der Waals surface area (Å²) in [5.74, 6) is 0.725. The minimum atomic E-state index is 0.0996. The number of hydrogen-bond donors (Lipinski definition) is 0. The quantitative estimate of drug-likeness (QED) is 0.831. The molecule has 1 aromatic rings. The number of carbonyl (C=O) groups excluding carboxylic acids is 1. The average Bonchev–Trinajstić information content (AvgIpc) is 3.00. The molecule has 1 heterocycles. The van der Waals surface area contributed by atoms with E-state index in [4.69, 9.17) is 4.42 Å². The van der Waals surface area contributed by atoms with E-state index < -0.39 is 0 Å². The van der Waals surface area contributed by atoms with Gasteiger partial charge in [0.25, 0.3) is 5.91 Å². The first kappa shape index (κ1) is 12.7. The monoisotopic (exact) mass is 299 g/mol. The number of amides is 1. The minimum absolute atomic E-state index is 0.0996. The van der Waals surface area contributed by atoms with Crippen molar-refractivity contribution in [3.8, 4) is 0 Å². The molecular formula is C13H18BrNO2. The van der Waals surface area contributed by atoms with Gasteiger partial charge in [0.15, 0.2) is 4.67 Å². The molecule has 1 fully saturated rings. The zero-order valence-electron chi connectivity index (χ0n) is 10.3. The Kier molecular flexibility index (Phi) is 3.92. The van der Waals surface area contributed by atoms with Crippen molar-refractivity contribution in [3.63, 3.8) is 0 Å². The highest BCUT2D eigenvalue weighted by Gasteiger charge is 2.33. The Bertz CT molecular complexity index is 396. The molecule has 0 saturated heterocycles. The molecule has 0 atom stereocenters. The molecule has 0 bridgehead atoms. The number of nitrogens with zero attached hydrogens (tertiary/aromatic N) is 1. The second-order valence-corrected chi connectivity index (χ2v) is 5.83. The van der Waals surface area contributed by atoms with Crippen molar-refractivity contribution in [3.05, 3.63) is 22.6 Å². The lowest BCUT2D eigenvalue weighted by Gasteiger charge is -2.22. The number of furan rings is 1. The van der Waals surface area contributed by atoms with E-state index in [1.165, 1.54) is 6.26 Å². The Morgan fingerprint density at radius 1 is 1.59 bits per heavy atom. The lowest BCUT2D eigenvalue weighted by Crippen LogP contribution is -2.34. The lowest BCUT2D eigenvalue weighted by molar-refractivity contribution is 0.0734. The third-order valence-corrected chi connectivity index (χ3v) is 3.43. The van der Waals surface area contributed by atoms with E-state index >= 15 is 0 Å². The largest absolute Gasteiger partial charge is 0.457 e. The van der Waals surface area contributed by atoms with Gasteiger partial charge in [0.2, 0.25) is 0 Å². The molecule has 1 aromatic heterocycles. The summed E-state index contributed by atoms with van der Waals surface area (Å²) in [7, 11) is 0. The highest BCUT2D eigenvalue weighted by atomic mass is 79.9. The van der Waals surface area contributed by atoms with Crippen LogP contribution in [0.25, 0.3) is 0 Å². The molecule has 1 amide bonds. The smallest absolute Gasteiger partial charge is 0.257 e. The molecule has 3 nitrogen and oxygen atoms in total. The summed E-state index contributed by atoms with van der Waals surface area (Å²) in [5.41, 5.74) is 0.646. The molecule has 0 unspecified atom stereocenters. The minimum Gasteiger partial charge on any atom is -0.457 e. The highest BCUT2D eigenvalue weighted by molar-refractivity contribution is 9.10. The Balaban J connectivity index is 2.02. The number of halogens is 1. The van der Waals surface area contributed by atoms with Crippen LogP contribution in [0.1, 0.15) is 43.5 Å². The van der Waals surface area contributed by atoms with Gasteiger partial charge in [0.05, 0.1) is 5.56 Å². The van der Waals surface area contributed by atoms with Crippen LogP contribution in [0.2, 0.25) is 0 Å². The van der Waals surface area contributed by atoms with Gasteiger partial charge in [-0.1, -0.05) is 13.8 Å². The van der Waals surface area contributed by atoms with Crippen LogP contribution in [0.5, 0.6) is 0 Å². The van der Waals surface area contributed by atoms with Crippen LogP contribution in [-0.2, 0) is 0 Å². The zero-order valence-corrected chi connectivity index (χ0v) is 11.9. The normalized spacial score (nSPS) is 15.3. The molecule has 1 aliphatic rings. The predicted molar refractivity (Wildman–Crippen MR) is 69.9 cm³/mol. The van der Waals surface area contributed by atoms with Gasteiger partial charge in [-0.2, -0.15) is 0 Å². The van der Waals surface area contributed by atoms with Gasteiger partial charge in [-0.25, -0.2) is 0 Å². The molecule has 17 heavy (non-hydrogen) atoms. The summed E-state index contributed by atoms with van der Waals surface area (Å²) in [4.78, 5) is 14.3. The molecule has 94 valence electrons. The van der Waals surface area contributed by atoms with E-state index in [0.29, 0.717) is 22.2 Å². The predicted octanol–water partition coefficient (Wildman–Crippen LogP) is 3.69. The van der Waals surface area contributed by atoms with Gasteiger partial charge in [-0.05, 0) is 41.1 Å². The molecule has 0 aromatic carbocycles. The molecule has 0 aliphatic heterocycles. The van der Waals surface area contributed by atoms with Crippen molar-refractivity contribution in [2.24, 2.45) is 5.92 Å². The Hall–Kier alpha value is -0.770. The van der Waals surface area contributed by atoms with Crippen LogP contribution in [0, 0.1) is 5.92 Å². The maximum Gasteiger partial charge on any atom is 0.257 e. The van der Waals surface area contributed by atoms with Crippen molar-refractivity contribution in [2.75, 3.05) is 6.54 Å². The van der Waals surface area contributed by atoms with Crippen LogP contribution >= 0.6 is 15.9 Å². The van der Waals surface area contributed by atoms with E-state index in [0.717, 1.165) is 25.8 Å². The topological polar surface area (TPSA) is 33.5 Å².